The molecule has 1 saturated carbocycles. The highest BCUT2D eigenvalue weighted by Gasteiger charge is 2.32. The lowest BCUT2D eigenvalue weighted by atomic mass is 9.77. The molecule has 3 N–H and O–H groups in total. The summed E-state index contributed by atoms with van der Waals surface area (Å²) in [4.78, 5) is 11.9. The van der Waals surface area contributed by atoms with Gasteiger partial charge in [0.15, 0.2) is 0 Å². The molecule has 0 aromatic rings. The van der Waals surface area contributed by atoms with Crippen molar-refractivity contribution in [1.82, 2.24) is 5.32 Å². The molecule has 0 bridgehead atoms. The maximum absolute atomic E-state index is 11.9. The molecule has 0 heterocycles. The number of nitrogens with two attached hydrogens (primary N) is 1. The molecule has 126 valence electrons. The van der Waals surface area contributed by atoms with E-state index in [4.69, 9.17) is 5.73 Å². The van der Waals surface area contributed by atoms with Crippen LogP contribution in [0.4, 0.5) is 0 Å². The zero-order chi connectivity index (χ0) is 15.4. The zero-order valence-electron chi connectivity index (χ0n) is 13.2. The number of carbonyl (C=O) groups excluding carboxylic acids is 1. The van der Waals surface area contributed by atoms with E-state index in [1.165, 1.54) is 25.7 Å². The van der Waals surface area contributed by atoms with E-state index in [0.29, 0.717) is 12.5 Å². The Bertz CT molecular complexity index is 432. The number of halogens is 1. The quantitative estimate of drug-likeness (QED) is 0.735. The topological polar surface area (TPSA) is 89.3 Å². The number of amides is 1. The van der Waals surface area contributed by atoms with Gasteiger partial charge in [-0.15, -0.1) is 12.4 Å². The van der Waals surface area contributed by atoms with Crippen LogP contribution in [0.3, 0.4) is 0 Å². The molecule has 7 heteroatoms. The summed E-state index contributed by atoms with van der Waals surface area (Å²) in [6, 6.07) is -0.746. The van der Waals surface area contributed by atoms with Crippen LogP contribution in [0.25, 0.3) is 0 Å². The Balaban J connectivity index is 0.00000400. The summed E-state index contributed by atoms with van der Waals surface area (Å²) in [5.41, 5.74) is 5.80. The van der Waals surface area contributed by atoms with Crippen molar-refractivity contribution in [1.29, 1.82) is 0 Å². The number of hydrogen-bond donors (Lipinski definition) is 2. The van der Waals surface area contributed by atoms with E-state index in [2.05, 4.69) is 19.2 Å². The summed E-state index contributed by atoms with van der Waals surface area (Å²) in [6.07, 6.45) is 6.33. The van der Waals surface area contributed by atoms with Crippen molar-refractivity contribution in [2.45, 2.75) is 52.0 Å². The minimum Gasteiger partial charge on any atom is -0.354 e. The molecule has 5 nitrogen and oxygen atoms in total. The molecule has 0 radical (unpaired) electrons. The highest BCUT2D eigenvalue weighted by atomic mass is 35.5. The monoisotopic (exact) mass is 340 g/mol. The Morgan fingerprint density at radius 1 is 1.33 bits per heavy atom. The molecule has 0 aromatic carbocycles. The first-order valence-corrected chi connectivity index (χ1v) is 9.39. The summed E-state index contributed by atoms with van der Waals surface area (Å²) in [7, 11) is -3.07. The summed E-state index contributed by atoms with van der Waals surface area (Å²) in [6.45, 7) is 4.94. The van der Waals surface area contributed by atoms with Crippen LogP contribution in [0.1, 0.15) is 46.0 Å². The summed E-state index contributed by atoms with van der Waals surface area (Å²) in [5, 5.41) is 2.88. The van der Waals surface area contributed by atoms with Gasteiger partial charge in [-0.2, -0.15) is 0 Å². The normalized spacial score (nSPS) is 18.1. The fourth-order valence-corrected chi connectivity index (χ4v) is 3.45. The second-order valence-electron chi connectivity index (χ2n) is 6.71. The number of rotatable bonds is 7. The van der Waals surface area contributed by atoms with Crippen LogP contribution in [0.15, 0.2) is 0 Å². The maximum Gasteiger partial charge on any atom is 0.236 e. The lowest BCUT2D eigenvalue weighted by Gasteiger charge is -2.32. The predicted octanol–water partition coefficient (Wildman–Crippen LogP) is 1.50. The van der Waals surface area contributed by atoms with Gasteiger partial charge in [0.05, 0.1) is 11.8 Å². The maximum atomic E-state index is 11.9. The standard InChI is InChI=1S/C14H28N2O3S.ClH/c1-14(2,11-6-4-5-7-11)10-16-13(17)12(15)8-9-20(3,18)19;/h11-12H,4-10,15H2,1-3H3,(H,16,17);1H. The van der Waals surface area contributed by atoms with Gasteiger partial charge in [0.25, 0.3) is 0 Å². The number of hydrogen-bond acceptors (Lipinski definition) is 4. The molecular weight excluding hydrogens is 312 g/mol. The minimum atomic E-state index is -3.07. The highest BCUT2D eigenvalue weighted by molar-refractivity contribution is 7.90. The first-order chi connectivity index (χ1) is 9.12. The molecule has 1 unspecified atom stereocenters. The third-order valence-corrected chi connectivity index (χ3v) is 5.29. The predicted molar refractivity (Wildman–Crippen MR) is 88.3 cm³/mol. The van der Waals surface area contributed by atoms with Crippen LogP contribution < -0.4 is 11.1 Å². The Kier molecular flexibility index (Phi) is 8.21. The van der Waals surface area contributed by atoms with Crippen molar-refractivity contribution in [3.05, 3.63) is 0 Å². The Hall–Kier alpha value is -0.330. The number of nitrogens with one attached hydrogen (secondary N) is 1. The van der Waals surface area contributed by atoms with Crippen LogP contribution in [-0.4, -0.2) is 38.9 Å². The zero-order valence-corrected chi connectivity index (χ0v) is 14.9. The summed E-state index contributed by atoms with van der Waals surface area (Å²) >= 11 is 0. The Morgan fingerprint density at radius 2 is 1.86 bits per heavy atom. The molecule has 0 aromatic heterocycles. The molecule has 0 aliphatic heterocycles. The molecule has 1 fully saturated rings. The van der Waals surface area contributed by atoms with Crippen LogP contribution >= 0.6 is 12.4 Å². The highest BCUT2D eigenvalue weighted by Crippen LogP contribution is 2.38. The van der Waals surface area contributed by atoms with Crippen molar-refractivity contribution in [3.63, 3.8) is 0 Å². The van der Waals surface area contributed by atoms with Crippen molar-refractivity contribution < 1.29 is 13.2 Å². The van der Waals surface area contributed by atoms with Gasteiger partial charge in [0, 0.05) is 12.8 Å². The van der Waals surface area contributed by atoms with E-state index in [9.17, 15) is 13.2 Å². The Labute approximate surface area is 134 Å². The lowest BCUT2D eigenvalue weighted by Crippen LogP contribution is -2.46. The smallest absolute Gasteiger partial charge is 0.236 e. The minimum absolute atomic E-state index is 0. The molecule has 1 rings (SSSR count). The van der Waals surface area contributed by atoms with E-state index in [1.807, 2.05) is 0 Å². The SMILES string of the molecule is CC(C)(CNC(=O)C(N)CCS(C)(=O)=O)C1CCCC1.Cl. The number of carbonyl (C=O) groups is 1. The van der Waals surface area contributed by atoms with E-state index >= 15 is 0 Å². The first-order valence-electron chi connectivity index (χ1n) is 7.33. The summed E-state index contributed by atoms with van der Waals surface area (Å²) in [5.74, 6) is 0.350. The summed E-state index contributed by atoms with van der Waals surface area (Å²) < 4.78 is 22.1. The van der Waals surface area contributed by atoms with Gasteiger partial charge >= 0.3 is 0 Å². The van der Waals surface area contributed by atoms with Crippen LogP contribution in [-0.2, 0) is 14.6 Å². The van der Waals surface area contributed by atoms with E-state index in [-0.39, 0.29) is 35.9 Å². The van der Waals surface area contributed by atoms with Gasteiger partial charge in [0.2, 0.25) is 5.91 Å². The second kappa shape index (κ2) is 8.34. The van der Waals surface area contributed by atoms with E-state index < -0.39 is 15.9 Å². The molecule has 1 aliphatic rings. The molecule has 0 saturated heterocycles. The lowest BCUT2D eigenvalue weighted by molar-refractivity contribution is -0.123. The molecule has 21 heavy (non-hydrogen) atoms. The fraction of sp³-hybridized carbons (Fsp3) is 0.929. The van der Waals surface area contributed by atoms with Crippen molar-refractivity contribution in [2.24, 2.45) is 17.1 Å². The third kappa shape index (κ3) is 7.47. The Morgan fingerprint density at radius 3 is 2.33 bits per heavy atom. The first kappa shape index (κ1) is 20.7. The molecule has 1 amide bonds. The van der Waals surface area contributed by atoms with Gasteiger partial charge in [-0.1, -0.05) is 26.7 Å². The van der Waals surface area contributed by atoms with Gasteiger partial charge in [-0.3, -0.25) is 4.79 Å². The van der Waals surface area contributed by atoms with Gasteiger partial charge in [-0.05, 0) is 30.6 Å². The van der Waals surface area contributed by atoms with Crippen molar-refractivity contribution in [2.75, 3.05) is 18.6 Å². The number of sulfone groups is 1. The van der Waals surface area contributed by atoms with Crippen molar-refractivity contribution >= 4 is 28.2 Å². The molecule has 0 spiro atoms. The van der Waals surface area contributed by atoms with Crippen LogP contribution in [0.2, 0.25) is 0 Å². The molecule has 1 aliphatic carbocycles. The van der Waals surface area contributed by atoms with Gasteiger partial charge < -0.3 is 11.1 Å². The second-order valence-corrected chi connectivity index (χ2v) is 8.97. The van der Waals surface area contributed by atoms with E-state index in [1.54, 1.807) is 0 Å². The van der Waals surface area contributed by atoms with Gasteiger partial charge in [-0.25, -0.2) is 8.42 Å². The molecule has 1 atom stereocenters. The van der Waals surface area contributed by atoms with Crippen LogP contribution in [0.5, 0.6) is 0 Å². The van der Waals surface area contributed by atoms with Crippen LogP contribution in [0, 0.1) is 11.3 Å². The van der Waals surface area contributed by atoms with E-state index in [0.717, 1.165) is 6.26 Å². The largest absolute Gasteiger partial charge is 0.354 e. The van der Waals surface area contributed by atoms with Crippen molar-refractivity contribution in [3.8, 4) is 0 Å². The third-order valence-electron chi connectivity index (χ3n) is 4.31. The average molecular weight is 341 g/mol. The van der Waals surface area contributed by atoms with Gasteiger partial charge in [0.1, 0.15) is 9.84 Å². The fourth-order valence-electron chi connectivity index (χ4n) is 2.77. The molecular formula is C14H29ClN2O3S. The average Bonchev–Trinajstić information content (AvgIpc) is 2.86.